The molecule has 17 atom stereocenters. The first-order chi connectivity index (χ1) is 50.8. The molecular weight excluding hydrogens is 1320 g/mol. The third-order valence-corrected chi connectivity index (χ3v) is 21.7. The number of amides is 1. The summed E-state index contributed by atoms with van der Waals surface area (Å²) < 4.78 is 34.5. The molecule has 0 saturated carbocycles. The van der Waals surface area contributed by atoms with Crippen LogP contribution in [0.3, 0.4) is 0 Å². The number of carbonyl (C=O) groups is 1. The SMILES string of the molecule is CCCCCCCCCC/C=C\CCCCCCCCCCCCCCCCCCCCCCCCCCCC(=O)NC(COC1OC(CO)C(OC2OC(CO)C(OC3OC(CO)C(O)C(O)C3O)C(O)C2O)C(O)C1O)C(O)/C=C/CC/C=C/CCCCCCCCCCCCCCCCCC. The molecular formula is C85H159NO18. The lowest BCUT2D eigenvalue weighted by Crippen LogP contribution is -2.66. The first-order valence-electron chi connectivity index (χ1n) is 43.2. The molecule has 1 amide bonds. The van der Waals surface area contributed by atoms with Crippen molar-refractivity contribution >= 4 is 5.91 Å². The minimum Gasteiger partial charge on any atom is -0.394 e. The number of aliphatic hydroxyl groups is 11. The fraction of sp³-hybridized carbons (Fsp3) is 0.918. The first-order valence-corrected chi connectivity index (χ1v) is 43.2. The van der Waals surface area contributed by atoms with Crippen molar-refractivity contribution in [1.82, 2.24) is 5.32 Å². The molecule has 3 saturated heterocycles. The molecule has 612 valence electrons. The molecule has 0 aromatic heterocycles. The summed E-state index contributed by atoms with van der Waals surface area (Å²) in [4.78, 5) is 13.5. The van der Waals surface area contributed by atoms with Gasteiger partial charge in [0, 0.05) is 6.42 Å². The maximum Gasteiger partial charge on any atom is 0.220 e. The lowest BCUT2D eigenvalue weighted by Gasteiger charge is -2.48. The molecule has 3 fully saturated rings. The lowest BCUT2D eigenvalue weighted by atomic mass is 9.96. The van der Waals surface area contributed by atoms with E-state index in [1.165, 1.54) is 295 Å². The van der Waals surface area contributed by atoms with Gasteiger partial charge >= 0.3 is 0 Å². The number of aliphatic hydroxyl groups excluding tert-OH is 11. The fourth-order valence-electron chi connectivity index (χ4n) is 14.7. The summed E-state index contributed by atoms with van der Waals surface area (Å²) in [6, 6.07) is -0.990. The molecule has 17 unspecified atom stereocenters. The zero-order valence-electron chi connectivity index (χ0n) is 65.8. The van der Waals surface area contributed by atoms with Crippen LogP contribution in [-0.2, 0) is 33.2 Å². The van der Waals surface area contributed by atoms with Crippen molar-refractivity contribution in [2.75, 3.05) is 26.4 Å². The summed E-state index contributed by atoms with van der Waals surface area (Å²) >= 11 is 0. The number of unbranched alkanes of at least 4 members (excludes halogenated alkanes) is 50. The molecule has 104 heavy (non-hydrogen) atoms. The largest absolute Gasteiger partial charge is 0.394 e. The predicted molar refractivity (Wildman–Crippen MR) is 416 cm³/mol. The van der Waals surface area contributed by atoms with Crippen LogP contribution >= 0.6 is 0 Å². The van der Waals surface area contributed by atoms with E-state index in [2.05, 4.69) is 43.5 Å². The van der Waals surface area contributed by atoms with Crippen molar-refractivity contribution in [3.05, 3.63) is 36.5 Å². The highest BCUT2D eigenvalue weighted by Gasteiger charge is 2.54. The van der Waals surface area contributed by atoms with E-state index in [0.29, 0.717) is 12.8 Å². The van der Waals surface area contributed by atoms with E-state index in [1.54, 1.807) is 6.08 Å². The molecule has 3 rings (SSSR count). The zero-order chi connectivity index (χ0) is 75.3. The van der Waals surface area contributed by atoms with Crippen molar-refractivity contribution in [3.8, 4) is 0 Å². The molecule has 0 aromatic rings. The quantitative estimate of drug-likeness (QED) is 0.0199. The van der Waals surface area contributed by atoms with Crippen molar-refractivity contribution in [2.45, 2.75) is 471 Å². The molecule has 19 heteroatoms. The Morgan fingerprint density at radius 3 is 0.962 bits per heavy atom. The first kappa shape index (κ1) is 96.2. The van der Waals surface area contributed by atoms with Crippen LogP contribution in [0.4, 0.5) is 0 Å². The van der Waals surface area contributed by atoms with Crippen molar-refractivity contribution in [1.29, 1.82) is 0 Å². The van der Waals surface area contributed by atoms with Crippen molar-refractivity contribution < 1.29 is 89.4 Å². The Labute approximate surface area is 631 Å². The van der Waals surface area contributed by atoms with Gasteiger partial charge in [-0.25, -0.2) is 0 Å². The minimum absolute atomic E-state index is 0.240. The van der Waals surface area contributed by atoms with Gasteiger partial charge in [0.1, 0.15) is 73.2 Å². The Morgan fingerprint density at radius 2 is 0.615 bits per heavy atom. The van der Waals surface area contributed by atoms with Gasteiger partial charge in [0.25, 0.3) is 0 Å². The molecule has 0 aromatic carbocycles. The van der Waals surface area contributed by atoms with Crippen LogP contribution in [0.2, 0.25) is 0 Å². The fourth-order valence-corrected chi connectivity index (χ4v) is 14.7. The summed E-state index contributed by atoms with van der Waals surface area (Å²) in [7, 11) is 0. The highest BCUT2D eigenvalue weighted by molar-refractivity contribution is 5.76. The Morgan fingerprint density at radius 1 is 0.337 bits per heavy atom. The highest BCUT2D eigenvalue weighted by Crippen LogP contribution is 2.33. The van der Waals surface area contributed by atoms with Gasteiger partial charge in [-0.05, 0) is 57.8 Å². The third kappa shape index (κ3) is 44.8. The van der Waals surface area contributed by atoms with Crippen LogP contribution in [0.25, 0.3) is 0 Å². The molecule has 3 heterocycles. The summed E-state index contributed by atoms with van der Waals surface area (Å²) in [5.74, 6) is -0.278. The summed E-state index contributed by atoms with van der Waals surface area (Å²) in [5, 5.41) is 121. The number of carbonyl (C=O) groups excluding carboxylic acids is 1. The number of hydrogen-bond acceptors (Lipinski definition) is 18. The van der Waals surface area contributed by atoms with Gasteiger partial charge in [-0.2, -0.15) is 0 Å². The molecule has 0 aliphatic carbocycles. The van der Waals surface area contributed by atoms with E-state index in [1.807, 2.05) is 6.08 Å². The van der Waals surface area contributed by atoms with Gasteiger partial charge in [0.05, 0.1) is 38.6 Å². The molecule has 0 bridgehead atoms. The van der Waals surface area contributed by atoms with Crippen LogP contribution in [0.1, 0.15) is 367 Å². The molecule has 0 spiro atoms. The second-order valence-electron chi connectivity index (χ2n) is 31.0. The lowest BCUT2D eigenvalue weighted by molar-refractivity contribution is -0.379. The van der Waals surface area contributed by atoms with E-state index in [-0.39, 0.29) is 18.9 Å². The monoisotopic (exact) mass is 1480 g/mol. The van der Waals surface area contributed by atoms with E-state index in [9.17, 15) is 61.0 Å². The maximum atomic E-state index is 13.5. The molecule has 12 N–H and O–H groups in total. The predicted octanol–water partition coefficient (Wildman–Crippen LogP) is 15.5. The van der Waals surface area contributed by atoms with E-state index in [4.69, 9.17) is 28.4 Å². The molecule has 0 radical (unpaired) electrons. The second kappa shape index (κ2) is 65.7. The molecule has 19 nitrogen and oxygen atoms in total. The smallest absolute Gasteiger partial charge is 0.220 e. The van der Waals surface area contributed by atoms with Crippen molar-refractivity contribution in [2.24, 2.45) is 0 Å². The Hall–Kier alpha value is -1.99. The Kier molecular flexibility index (Phi) is 60.8. The summed E-state index contributed by atoms with van der Waals surface area (Å²) in [6.07, 6.45) is 55.9. The van der Waals surface area contributed by atoms with Crippen LogP contribution in [0, 0.1) is 0 Å². The van der Waals surface area contributed by atoms with Crippen LogP contribution in [0.5, 0.6) is 0 Å². The topological polar surface area (TPSA) is 307 Å². The summed E-state index contributed by atoms with van der Waals surface area (Å²) in [6.45, 7) is 1.77. The van der Waals surface area contributed by atoms with Crippen molar-refractivity contribution in [3.63, 3.8) is 0 Å². The van der Waals surface area contributed by atoms with Gasteiger partial charge < -0.3 is 89.9 Å². The average Bonchev–Trinajstić information content (AvgIpc) is 0.783. The number of hydrogen-bond donors (Lipinski definition) is 12. The van der Waals surface area contributed by atoms with E-state index < -0.39 is 124 Å². The summed E-state index contributed by atoms with van der Waals surface area (Å²) in [5.41, 5.74) is 0. The number of rotatable bonds is 70. The van der Waals surface area contributed by atoms with Gasteiger partial charge in [0.15, 0.2) is 18.9 Å². The minimum atomic E-state index is -1.98. The molecule has 3 aliphatic heterocycles. The number of allylic oxidation sites excluding steroid dienone is 5. The third-order valence-electron chi connectivity index (χ3n) is 21.7. The van der Waals surface area contributed by atoms with Gasteiger partial charge in [-0.1, -0.05) is 339 Å². The number of nitrogens with one attached hydrogen (secondary N) is 1. The second-order valence-corrected chi connectivity index (χ2v) is 31.0. The van der Waals surface area contributed by atoms with Gasteiger partial charge in [-0.3, -0.25) is 4.79 Å². The zero-order valence-corrected chi connectivity index (χ0v) is 65.8. The van der Waals surface area contributed by atoms with Gasteiger partial charge in [0.2, 0.25) is 5.91 Å². The van der Waals surface area contributed by atoms with Crippen LogP contribution in [0.15, 0.2) is 36.5 Å². The number of ether oxygens (including phenoxy) is 6. The van der Waals surface area contributed by atoms with E-state index in [0.717, 1.165) is 38.5 Å². The maximum absolute atomic E-state index is 13.5. The Bertz CT molecular complexity index is 2020. The van der Waals surface area contributed by atoms with Crippen LogP contribution in [-0.4, -0.2) is 193 Å². The highest BCUT2D eigenvalue weighted by atomic mass is 16.8. The molecule has 3 aliphatic rings. The Balaban J connectivity index is 1.32. The van der Waals surface area contributed by atoms with E-state index >= 15 is 0 Å². The standard InChI is InChI=1S/C85H159NO18/c1-3-5-7-9-11-13-15-17-19-21-23-25-27-28-29-30-31-32-33-34-35-36-37-38-39-40-41-43-45-47-49-51-53-55-57-59-61-63-73(91)86-68(69(90)62-60-58-56-54-52-50-48-46-44-42-26-24-22-20-18-16-14-12-10-8-6-4-2)67-99-83-79(97)76(94)81(71(65-88)101-83)104-85-80(98)77(95)82(72(66-89)102-85)103-84-78(96)75(93)74(92)70(64-87)100-84/h21,23,52,54,60,62,68-72,74-85,87-90,92-98H,3-20,22,24-51,53,55-59,61,63-67H2,1-2H3,(H,86,91)/b23-21-,54-52+,62-60+. The van der Waals surface area contributed by atoms with Crippen LogP contribution < -0.4 is 5.32 Å². The normalized spacial score (nSPS) is 26.0. The van der Waals surface area contributed by atoms with Gasteiger partial charge in [-0.15, -0.1) is 0 Å². The average molecular weight is 1480 g/mol.